The molecule has 0 amide bonds. The summed E-state index contributed by atoms with van der Waals surface area (Å²) in [6.45, 7) is -1.29. The Morgan fingerprint density at radius 1 is 1.25 bits per heavy atom. The Bertz CT molecular complexity index is 876. The van der Waals surface area contributed by atoms with Crippen LogP contribution in [-0.4, -0.2) is 21.3 Å². The molecule has 0 aromatic heterocycles. The summed E-state index contributed by atoms with van der Waals surface area (Å²) in [5.41, 5.74) is 7.46. The Balaban J connectivity index is 2.04. The molecule has 2 N–H and O–H groups in total. The molecule has 9 heteroatoms. The molecule has 128 valence electrons. The lowest BCUT2D eigenvalue weighted by molar-refractivity contribution is -0.102. The molecule has 0 fully saturated rings. The number of rotatable bonds is 4. The van der Waals surface area contributed by atoms with E-state index < -0.39 is 16.4 Å². The van der Waals surface area contributed by atoms with E-state index in [1.165, 1.54) is 6.07 Å². The average molecular weight is 355 g/mol. The number of nitrogens with one attached hydrogen (secondary N) is 2. The second kappa shape index (κ2) is 5.82. The molecule has 0 atom stereocenters. The van der Waals surface area contributed by atoms with Crippen LogP contribution in [0.3, 0.4) is 0 Å². The smallest absolute Gasteiger partial charge is 0.388 e. The molecule has 2 aliphatic rings. The Morgan fingerprint density at radius 3 is 2.62 bits per heavy atom. The van der Waals surface area contributed by atoms with Crippen LogP contribution in [0.1, 0.15) is 5.56 Å². The topological polar surface area (TPSA) is 70.7 Å². The van der Waals surface area contributed by atoms with Gasteiger partial charge in [-0.15, -0.1) is 0 Å². The fourth-order valence-corrected chi connectivity index (χ4v) is 3.57. The SMILES string of the molecule is Cc1cc(N2C=CC=C3NNC(OC(F)F)=C32)ccc1S(C)(=O)=O. The van der Waals surface area contributed by atoms with Crippen molar-refractivity contribution in [3.8, 4) is 0 Å². The second-order valence-electron chi connectivity index (χ2n) is 5.32. The lowest BCUT2D eigenvalue weighted by Crippen LogP contribution is -2.25. The maximum atomic E-state index is 12.6. The zero-order chi connectivity index (χ0) is 17.5. The molecule has 2 aliphatic heterocycles. The number of sulfone groups is 1. The van der Waals surface area contributed by atoms with Crippen LogP contribution in [0.4, 0.5) is 14.5 Å². The van der Waals surface area contributed by atoms with Crippen LogP contribution in [0, 0.1) is 6.92 Å². The van der Waals surface area contributed by atoms with Gasteiger partial charge in [0.05, 0.1) is 10.6 Å². The van der Waals surface area contributed by atoms with Crippen molar-refractivity contribution < 1.29 is 21.9 Å². The Morgan fingerprint density at radius 2 is 2.00 bits per heavy atom. The third-order valence-corrected chi connectivity index (χ3v) is 4.82. The van der Waals surface area contributed by atoms with E-state index >= 15 is 0 Å². The molecule has 24 heavy (non-hydrogen) atoms. The van der Waals surface area contributed by atoms with Crippen LogP contribution in [0.25, 0.3) is 0 Å². The number of hydrogen-bond donors (Lipinski definition) is 2. The molecule has 0 saturated carbocycles. The summed E-state index contributed by atoms with van der Waals surface area (Å²) in [6.07, 6.45) is 6.26. The largest absolute Gasteiger partial charge is 0.415 e. The van der Waals surface area contributed by atoms with E-state index in [9.17, 15) is 17.2 Å². The first kappa shape index (κ1) is 16.3. The number of fused-ring (bicyclic) bond motifs is 1. The third-order valence-electron chi connectivity index (χ3n) is 3.56. The van der Waals surface area contributed by atoms with Crippen molar-refractivity contribution in [1.29, 1.82) is 0 Å². The lowest BCUT2D eigenvalue weighted by atomic mass is 10.1. The second-order valence-corrected chi connectivity index (χ2v) is 7.30. The van der Waals surface area contributed by atoms with Crippen molar-refractivity contribution in [3.63, 3.8) is 0 Å². The predicted molar refractivity (Wildman–Crippen MR) is 84.4 cm³/mol. The Hall–Kier alpha value is -2.55. The number of allylic oxidation sites excluding steroid dienone is 2. The zero-order valence-corrected chi connectivity index (χ0v) is 13.7. The van der Waals surface area contributed by atoms with Gasteiger partial charge in [0.2, 0.25) is 5.88 Å². The van der Waals surface area contributed by atoms with Gasteiger partial charge >= 0.3 is 6.61 Å². The highest BCUT2D eigenvalue weighted by Crippen LogP contribution is 2.33. The molecule has 0 bridgehead atoms. The van der Waals surface area contributed by atoms with Gasteiger partial charge in [-0.2, -0.15) is 8.78 Å². The number of halogens is 2. The highest BCUT2D eigenvalue weighted by Gasteiger charge is 2.29. The summed E-state index contributed by atoms with van der Waals surface area (Å²) < 4.78 is 53.1. The molecule has 2 heterocycles. The molecule has 0 unspecified atom stereocenters. The lowest BCUT2D eigenvalue weighted by Gasteiger charge is -2.25. The van der Waals surface area contributed by atoms with Crippen LogP contribution in [0.2, 0.25) is 0 Å². The predicted octanol–water partition coefficient (Wildman–Crippen LogP) is 2.13. The van der Waals surface area contributed by atoms with Crippen LogP contribution in [-0.2, 0) is 14.6 Å². The molecule has 1 aromatic carbocycles. The van der Waals surface area contributed by atoms with Crippen LogP contribution >= 0.6 is 0 Å². The highest BCUT2D eigenvalue weighted by atomic mass is 32.2. The molecule has 0 spiro atoms. The van der Waals surface area contributed by atoms with Crippen LogP contribution in [0.15, 0.2) is 58.7 Å². The van der Waals surface area contributed by atoms with Gasteiger partial charge in [-0.1, -0.05) is 0 Å². The quantitative estimate of drug-likeness (QED) is 0.862. The van der Waals surface area contributed by atoms with Gasteiger partial charge < -0.3 is 9.64 Å². The van der Waals surface area contributed by atoms with E-state index in [4.69, 9.17) is 0 Å². The molecular weight excluding hydrogens is 340 g/mol. The van der Waals surface area contributed by atoms with Crippen molar-refractivity contribution in [2.75, 3.05) is 11.2 Å². The van der Waals surface area contributed by atoms with Gasteiger partial charge in [-0.25, -0.2) is 8.42 Å². The first-order valence-electron chi connectivity index (χ1n) is 6.97. The van der Waals surface area contributed by atoms with E-state index in [2.05, 4.69) is 15.6 Å². The number of nitrogens with zero attached hydrogens (tertiary/aromatic N) is 1. The normalized spacial score (nSPS) is 16.7. The van der Waals surface area contributed by atoms with Crippen molar-refractivity contribution in [2.24, 2.45) is 0 Å². The van der Waals surface area contributed by atoms with Crippen molar-refractivity contribution >= 4 is 15.5 Å². The molecule has 3 rings (SSSR count). The standard InChI is InChI=1S/C15H15F2N3O3S/c1-9-8-10(5-6-12(9)24(2,21)22)20-7-3-4-11-13(20)14(19-18-11)23-15(16)17/h3-8,15,18-19H,1-2H3. The minimum absolute atomic E-state index is 0.106. The Kier molecular flexibility index (Phi) is 3.96. The van der Waals surface area contributed by atoms with E-state index in [0.29, 0.717) is 22.6 Å². The van der Waals surface area contributed by atoms with Gasteiger partial charge in [0.15, 0.2) is 9.84 Å². The minimum atomic E-state index is -3.33. The minimum Gasteiger partial charge on any atom is -0.415 e. The average Bonchev–Trinajstić information content (AvgIpc) is 2.88. The van der Waals surface area contributed by atoms with Gasteiger partial charge in [-0.05, 0) is 42.8 Å². The highest BCUT2D eigenvalue weighted by molar-refractivity contribution is 7.90. The Labute approximate surface area is 138 Å². The van der Waals surface area contributed by atoms with E-state index in [0.717, 1.165) is 6.26 Å². The van der Waals surface area contributed by atoms with Crippen molar-refractivity contribution in [2.45, 2.75) is 18.4 Å². The summed E-state index contributed by atoms with van der Waals surface area (Å²) in [7, 11) is -3.33. The first-order valence-corrected chi connectivity index (χ1v) is 8.86. The summed E-state index contributed by atoms with van der Waals surface area (Å²) in [4.78, 5) is 1.86. The molecule has 0 aliphatic carbocycles. The molecule has 1 aromatic rings. The fraction of sp³-hybridized carbons (Fsp3) is 0.200. The molecule has 0 radical (unpaired) electrons. The summed E-state index contributed by atoms with van der Waals surface area (Å²) in [5.74, 6) is -0.106. The monoisotopic (exact) mass is 355 g/mol. The zero-order valence-electron chi connectivity index (χ0n) is 12.9. The van der Waals surface area contributed by atoms with E-state index in [1.54, 1.807) is 42.3 Å². The maximum Gasteiger partial charge on any atom is 0.388 e. The van der Waals surface area contributed by atoms with Crippen molar-refractivity contribution in [1.82, 2.24) is 10.9 Å². The van der Waals surface area contributed by atoms with Crippen LogP contribution in [0.5, 0.6) is 0 Å². The number of ether oxygens (including phenoxy) is 1. The molecular formula is C15H15F2N3O3S. The molecule has 6 nitrogen and oxygen atoms in total. The number of hydrogen-bond acceptors (Lipinski definition) is 6. The number of anilines is 1. The fourth-order valence-electron chi connectivity index (χ4n) is 2.61. The number of benzene rings is 1. The third kappa shape index (κ3) is 2.94. The maximum absolute atomic E-state index is 12.6. The number of alkyl halides is 2. The first-order chi connectivity index (χ1) is 11.3. The van der Waals surface area contributed by atoms with Gasteiger partial charge in [0.1, 0.15) is 5.70 Å². The number of hydrazine groups is 1. The van der Waals surface area contributed by atoms with E-state index in [-0.39, 0.29) is 10.8 Å². The summed E-state index contributed by atoms with van der Waals surface area (Å²) in [6, 6.07) is 4.78. The molecule has 0 saturated heterocycles. The van der Waals surface area contributed by atoms with E-state index in [1.807, 2.05) is 0 Å². The van der Waals surface area contributed by atoms with Crippen molar-refractivity contribution in [3.05, 3.63) is 59.4 Å². The van der Waals surface area contributed by atoms with Gasteiger partial charge in [0, 0.05) is 18.1 Å². The summed E-state index contributed by atoms with van der Waals surface area (Å²) >= 11 is 0. The van der Waals surface area contributed by atoms with Gasteiger partial charge in [-0.3, -0.25) is 10.9 Å². The number of aryl methyl sites for hydroxylation is 1. The van der Waals surface area contributed by atoms with Gasteiger partial charge in [0.25, 0.3) is 0 Å². The summed E-state index contributed by atoms with van der Waals surface area (Å²) in [5, 5.41) is 0. The van der Waals surface area contributed by atoms with Crippen LogP contribution < -0.4 is 15.8 Å².